The minimum atomic E-state index is -1.34. The molecule has 0 heterocycles. The van der Waals surface area contributed by atoms with Gasteiger partial charge in [-0.1, -0.05) is 6.92 Å². The Kier molecular flexibility index (Phi) is 8.53. The number of carboxylic acids is 1. The molecule has 130 valence electrons. The normalized spacial score (nSPS) is 12.8. The van der Waals surface area contributed by atoms with Crippen molar-refractivity contribution in [2.45, 2.75) is 52.1 Å². The van der Waals surface area contributed by atoms with Gasteiger partial charge in [0.2, 0.25) is 17.6 Å². The van der Waals surface area contributed by atoms with Gasteiger partial charge in [0.05, 0.1) is 0 Å². The summed E-state index contributed by atoms with van der Waals surface area (Å²) in [6.45, 7) is 5.01. The molecular formula is C14H23N3O6. The number of carbonyl (C=O) groups is 5. The first kappa shape index (κ1) is 20.6. The van der Waals surface area contributed by atoms with Crippen molar-refractivity contribution in [3.05, 3.63) is 0 Å². The van der Waals surface area contributed by atoms with Crippen LogP contribution in [0, 0.1) is 0 Å². The molecule has 23 heavy (non-hydrogen) atoms. The zero-order valence-electron chi connectivity index (χ0n) is 13.5. The Bertz CT molecular complexity index is 491. The van der Waals surface area contributed by atoms with Gasteiger partial charge in [-0.05, 0) is 19.8 Å². The molecule has 0 saturated heterocycles. The Balaban J connectivity index is 4.83. The summed E-state index contributed by atoms with van der Waals surface area (Å²) in [5.74, 6) is -4.35. The van der Waals surface area contributed by atoms with E-state index in [-0.39, 0.29) is 18.7 Å². The Morgan fingerprint density at radius 2 is 1.78 bits per heavy atom. The van der Waals surface area contributed by atoms with Crippen molar-refractivity contribution in [2.24, 2.45) is 5.73 Å². The van der Waals surface area contributed by atoms with E-state index in [0.717, 1.165) is 0 Å². The van der Waals surface area contributed by atoms with Crippen molar-refractivity contribution in [3.63, 3.8) is 0 Å². The number of nitrogens with zero attached hydrogens (tertiary/aromatic N) is 1. The van der Waals surface area contributed by atoms with Crippen LogP contribution < -0.4 is 11.1 Å². The van der Waals surface area contributed by atoms with Crippen LogP contribution in [0.25, 0.3) is 0 Å². The zero-order valence-corrected chi connectivity index (χ0v) is 13.5. The van der Waals surface area contributed by atoms with E-state index in [9.17, 15) is 24.0 Å². The Morgan fingerprint density at radius 3 is 2.17 bits per heavy atom. The molecule has 2 atom stereocenters. The number of carboxylic acid groups (broad SMARTS) is 1. The molecule has 9 nitrogen and oxygen atoms in total. The molecule has 0 rings (SSSR count). The summed E-state index contributed by atoms with van der Waals surface area (Å²) in [4.78, 5) is 57.9. The third kappa shape index (κ3) is 6.90. The third-order valence-corrected chi connectivity index (χ3v) is 3.27. The highest BCUT2D eigenvalue weighted by Crippen LogP contribution is 2.05. The molecule has 0 fully saturated rings. The molecule has 0 unspecified atom stereocenters. The van der Waals surface area contributed by atoms with E-state index in [1.54, 1.807) is 0 Å². The van der Waals surface area contributed by atoms with Gasteiger partial charge in [-0.2, -0.15) is 0 Å². The summed E-state index contributed by atoms with van der Waals surface area (Å²) in [5.41, 5.74) is 4.79. The van der Waals surface area contributed by atoms with Crippen molar-refractivity contribution in [3.8, 4) is 0 Å². The van der Waals surface area contributed by atoms with Crippen molar-refractivity contribution < 1.29 is 29.1 Å². The van der Waals surface area contributed by atoms with E-state index in [4.69, 9.17) is 10.8 Å². The minimum Gasteiger partial charge on any atom is -0.480 e. The van der Waals surface area contributed by atoms with Crippen LogP contribution in [0.1, 0.15) is 40.0 Å². The van der Waals surface area contributed by atoms with Gasteiger partial charge in [-0.15, -0.1) is 0 Å². The van der Waals surface area contributed by atoms with Gasteiger partial charge >= 0.3 is 5.97 Å². The molecule has 0 aliphatic rings. The van der Waals surface area contributed by atoms with Crippen LogP contribution in [0.2, 0.25) is 0 Å². The Labute approximate surface area is 134 Å². The van der Waals surface area contributed by atoms with Crippen LogP contribution in [0.3, 0.4) is 0 Å². The maximum atomic E-state index is 12.1. The van der Waals surface area contributed by atoms with Gasteiger partial charge in [0.25, 0.3) is 5.91 Å². The van der Waals surface area contributed by atoms with Gasteiger partial charge in [0.1, 0.15) is 12.1 Å². The lowest BCUT2D eigenvalue weighted by molar-refractivity contribution is -0.144. The third-order valence-electron chi connectivity index (χ3n) is 3.27. The van der Waals surface area contributed by atoms with Gasteiger partial charge in [0, 0.05) is 19.9 Å². The molecule has 3 amide bonds. The van der Waals surface area contributed by atoms with Crippen LogP contribution in [-0.2, 0) is 24.0 Å². The lowest BCUT2D eigenvalue weighted by Crippen LogP contribution is -2.52. The summed E-state index contributed by atoms with van der Waals surface area (Å²) < 4.78 is 0. The van der Waals surface area contributed by atoms with Crippen molar-refractivity contribution >= 4 is 29.5 Å². The first-order valence-electron chi connectivity index (χ1n) is 7.24. The van der Waals surface area contributed by atoms with Gasteiger partial charge in [-0.3, -0.25) is 19.2 Å². The number of aliphatic carboxylic acids is 1. The maximum absolute atomic E-state index is 12.1. The lowest BCUT2D eigenvalue weighted by Gasteiger charge is -2.28. The number of hydrogen-bond acceptors (Lipinski definition) is 5. The molecule has 0 spiro atoms. The monoisotopic (exact) mass is 329 g/mol. The molecule has 0 bridgehead atoms. The van der Waals surface area contributed by atoms with Crippen molar-refractivity contribution in [1.82, 2.24) is 10.2 Å². The van der Waals surface area contributed by atoms with E-state index in [0.29, 0.717) is 13.0 Å². The summed E-state index contributed by atoms with van der Waals surface area (Å²) in [6, 6.07) is -2.19. The smallest absolute Gasteiger partial charge is 0.326 e. The van der Waals surface area contributed by atoms with Crippen LogP contribution in [0.5, 0.6) is 0 Å². The fourth-order valence-corrected chi connectivity index (χ4v) is 1.95. The molecule has 0 saturated carbocycles. The number of hydrogen-bond donors (Lipinski definition) is 3. The van der Waals surface area contributed by atoms with Crippen LogP contribution in [-0.4, -0.2) is 58.1 Å². The SMILES string of the molecule is CCCN(C(C)=O)[C@@H](C)C(=O)N[C@@H](CCC(=O)C(N)=O)C(=O)O. The fraction of sp³-hybridized carbons (Fsp3) is 0.643. The second-order valence-corrected chi connectivity index (χ2v) is 5.11. The van der Waals surface area contributed by atoms with Gasteiger partial charge in [0.15, 0.2) is 0 Å². The van der Waals surface area contributed by atoms with Crippen LogP contribution in [0.4, 0.5) is 0 Å². The Morgan fingerprint density at radius 1 is 1.22 bits per heavy atom. The molecule has 0 aromatic rings. The lowest BCUT2D eigenvalue weighted by atomic mass is 10.1. The molecule has 0 aliphatic heterocycles. The average molecular weight is 329 g/mol. The van der Waals surface area contributed by atoms with Crippen molar-refractivity contribution in [2.75, 3.05) is 6.54 Å². The van der Waals surface area contributed by atoms with E-state index in [1.807, 2.05) is 6.92 Å². The van der Waals surface area contributed by atoms with E-state index < -0.39 is 35.7 Å². The highest BCUT2D eigenvalue weighted by molar-refractivity contribution is 6.35. The molecule has 4 N–H and O–H groups in total. The summed E-state index contributed by atoms with van der Waals surface area (Å²) in [5, 5.41) is 11.4. The van der Waals surface area contributed by atoms with Gasteiger partial charge < -0.3 is 21.1 Å². The summed E-state index contributed by atoms with van der Waals surface area (Å²) in [6.07, 6.45) is 0.00241. The molecule has 0 aromatic carbocycles. The molecule has 0 aromatic heterocycles. The predicted octanol–water partition coefficient (Wildman–Crippen LogP) is -0.963. The molecular weight excluding hydrogens is 306 g/mol. The predicted molar refractivity (Wildman–Crippen MR) is 80.1 cm³/mol. The first-order chi connectivity index (χ1) is 10.6. The number of Topliss-reactive ketones (excluding diaryl/α,β-unsaturated/α-hetero) is 1. The molecule has 9 heteroatoms. The second kappa shape index (κ2) is 9.54. The fourth-order valence-electron chi connectivity index (χ4n) is 1.95. The highest BCUT2D eigenvalue weighted by Gasteiger charge is 2.28. The number of primary amides is 1. The van der Waals surface area contributed by atoms with Gasteiger partial charge in [-0.25, -0.2) is 4.79 Å². The first-order valence-corrected chi connectivity index (χ1v) is 7.24. The number of amides is 3. The largest absolute Gasteiger partial charge is 0.480 e. The molecule has 0 aliphatic carbocycles. The quantitative estimate of drug-likeness (QED) is 0.440. The average Bonchev–Trinajstić information content (AvgIpc) is 2.46. The van der Waals surface area contributed by atoms with E-state index in [1.165, 1.54) is 18.7 Å². The van der Waals surface area contributed by atoms with Crippen LogP contribution in [0.15, 0.2) is 0 Å². The number of nitrogens with one attached hydrogen (secondary N) is 1. The highest BCUT2D eigenvalue weighted by atomic mass is 16.4. The van der Waals surface area contributed by atoms with E-state index in [2.05, 4.69) is 5.32 Å². The van der Waals surface area contributed by atoms with Crippen molar-refractivity contribution in [1.29, 1.82) is 0 Å². The van der Waals surface area contributed by atoms with E-state index >= 15 is 0 Å². The number of rotatable bonds is 10. The number of ketones is 1. The topological polar surface area (TPSA) is 147 Å². The standard InChI is InChI=1S/C14H23N3O6/c1-4-7-17(9(3)18)8(2)13(21)16-10(14(22)23)5-6-11(19)12(15)20/h8,10H,4-7H2,1-3H3,(H2,15,20)(H,16,21)(H,22,23)/t8-,10-/m0/s1. The summed E-state index contributed by atoms with van der Waals surface area (Å²) >= 11 is 0. The Hall–Kier alpha value is -2.45. The second-order valence-electron chi connectivity index (χ2n) is 5.11. The summed E-state index contributed by atoms with van der Waals surface area (Å²) in [7, 11) is 0. The maximum Gasteiger partial charge on any atom is 0.326 e. The number of carbonyl (C=O) groups excluding carboxylic acids is 4. The minimum absolute atomic E-state index is 0.261. The zero-order chi connectivity index (χ0) is 18.2. The van der Waals surface area contributed by atoms with Crippen LogP contribution >= 0.6 is 0 Å². The molecule has 0 radical (unpaired) electrons. The number of nitrogens with two attached hydrogens (primary N) is 1.